The molecule has 0 aromatic rings. The molecule has 0 fully saturated rings. The normalized spacial score (nSPS) is 11.5. The Kier molecular flexibility index (Phi) is 7.34. The maximum absolute atomic E-state index is 11.4. The molecule has 0 spiro atoms. The highest BCUT2D eigenvalue weighted by molar-refractivity contribution is 5.78. The summed E-state index contributed by atoms with van der Waals surface area (Å²) in [5.41, 5.74) is -0.121. The minimum absolute atomic E-state index is 0.0332. The minimum atomic E-state index is -0.121. The first kappa shape index (κ1) is 14.4. The number of unbranched alkanes of at least 4 members (excludes halogenated alkanes) is 1. The van der Waals surface area contributed by atoms with Gasteiger partial charge in [-0.2, -0.15) is 0 Å². The number of aliphatic hydroxyl groups is 1. The first-order chi connectivity index (χ1) is 7.02. The molecule has 0 aliphatic heterocycles. The van der Waals surface area contributed by atoms with E-state index >= 15 is 0 Å². The van der Waals surface area contributed by atoms with Gasteiger partial charge in [0.2, 0.25) is 5.91 Å². The number of rotatable bonds is 8. The summed E-state index contributed by atoms with van der Waals surface area (Å²) in [7, 11) is 0. The monoisotopic (exact) mass is 216 g/mol. The highest BCUT2D eigenvalue weighted by Crippen LogP contribution is 2.05. The van der Waals surface area contributed by atoms with E-state index in [9.17, 15) is 4.79 Å². The standard InChI is InChI=1S/C11H24N2O2/c1-4-11(2,3)13-10(15)9-12-7-5-6-8-14/h12,14H,4-9H2,1-3H3,(H,13,15). The molecule has 0 aliphatic rings. The fourth-order valence-electron chi connectivity index (χ4n) is 1.07. The number of hydrogen-bond acceptors (Lipinski definition) is 3. The van der Waals surface area contributed by atoms with E-state index < -0.39 is 0 Å². The minimum Gasteiger partial charge on any atom is -0.396 e. The molecule has 0 radical (unpaired) electrons. The van der Waals surface area contributed by atoms with Crippen LogP contribution in [-0.2, 0) is 4.79 Å². The predicted octanol–water partition coefficient (Wildman–Crippen LogP) is 0.653. The van der Waals surface area contributed by atoms with Crippen LogP contribution in [0.1, 0.15) is 40.0 Å². The topological polar surface area (TPSA) is 61.4 Å². The quantitative estimate of drug-likeness (QED) is 0.522. The molecule has 4 heteroatoms. The summed E-state index contributed by atoms with van der Waals surface area (Å²) in [6, 6.07) is 0. The zero-order valence-corrected chi connectivity index (χ0v) is 10.1. The van der Waals surface area contributed by atoms with Gasteiger partial charge in [-0.15, -0.1) is 0 Å². The van der Waals surface area contributed by atoms with E-state index in [1.807, 2.05) is 13.8 Å². The Morgan fingerprint density at radius 2 is 2.00 bits per heavy atom. The van der Waals surface area contributed by atoms with Gasteiger partial charge in [0, 0.05) is 12.1 Å². The molecule has 0 unspecified atom stereocenters. The summed E-state index contributed by atoms with van der Waals surface area (Å²) in [5, 5.41) is 14.5. The Balaban J connectivity index is 3.49. The number of amides is 1. The molecule has 15 heavy (non-hydrogen) atoms. The van der Waals surface area contributed by atoms with Crippen molar-refractivity contribution in [2.75, 3.05) is 19.7 Å². The third-order valence-corrected chi connectivity index (χ3v) is 2.41. The number of carbonyl (C=O) groups excluding carboxylic acids is 1. The SMILES string of the molecule is CCC(C)(C)NC(=O)CNCCCCO. The van der Waals surface area contributed by atoms with Crippen LogP contribution in [0.25, 0.3) is 0 Å². The smallest absolute Gasteiger partial charge is 0.234 e. The molecule has 0 aromatic heterocycles. The lowest BCUT2D eigenvalue weighted by molar-refractivity contribution is -0.121. The lowest BCUT2D eigenvalue weighted by Gasteiger charge is -2.24. The maximum atomic E-state index is 11.4. The van der Waals surface area contributed by atoms with Crippen molar-refractivity contribution < 1.29 is 9.90 Å². The Labute approximate surface area is 92.4 Å². The molecule has 1 amide bonds. The van der Waals surface area contributed by atoms with Crippen molar-refractivity contribution in [3.05, 3.63) is 0 Å². The Morgan fingerprint density at radius 1 is 1.33 bits per heavy atom. The number of hydrogen-bond donors (Lipinski definition) is 3. The van der Waals surface area contributed by atoms with Gasteiger partial charge >= 0.3 is 0 Å². The Morgan fingerprint density at radius 3 is 2.53 bits per heavy atom. The predicted molar refractivity (Wildman–Crippen MR) is 61.7 cm³/mol. The second-order valence-corrected chi connectivity index (χ2v) is 4.39. The van der Waals surface area contributed by atoms with Crippen LogP contribution in [0.2, 0.25) is 0 Å². The first-order valence-electron chi connectivity index (χ1n) is 5.64. The van der Waals surface area contributed by atoms with E-state index in [1.54, 1.807) is 0 Å². The van der Waals surface area contributed by atoms with Gasteiger partial charge in [0.15, 0.2) is 0 Å². The van der Waals surface area contributed by atoms with Gasteiger partial charge < -0.3 is 15.7 Å². The van der Waals surface area contributed by atoms with Crippen LogP contribution < -0.4 is 10.6 Å². The second-order valence-electron chi connectivity index (χ2n) is 4.39. The van der Waals surface area contributed by atoms with Crippen LogP contribution in [0, 0.1) is 0 Å². The zero-order chi connectivity index (χ0) is 11.7. The summed E-state index contributed by atoms with van der Waals surface area (Å²) >= 11 is 0. The van der Waals surface area contributed by atoms with Crippen molar-refractivity contribution in [2.45, 2.75) is 45.6 Å². The van der Waals surface area contributed by atoms with Crippen LogP contribution in [0.3, 0.4) is 0 Å². The molecular formula is C11H24N2O2. The summed E-state index contributed by atoms with van der Waals surface area (Å²) in [4.78, 5) is 11.4. The van der Waals surface area contributed by atoms with Gasteiger partial charge in [0.25, 0.3) is 0 Å². The molecule has 0 aromatic carbocycles. The largest absolute Gasteiger partial charge is 0.396 e. The molecular weight excluding hydrogens is 192 g/mol. The van der Waals surface area contributed by atoms with Crippen molar-refractivity contribution in [1.29, 1.82) is 0 Å². The van der Waals surface area contributed by atoms with E-state index in [0.717, 1.165) is 25.8 Å². The van der Waals surface area contributed by atoms with Gasteiger partial charge in [-0.25, -0.2) is 0 Å². The molecule has 0 aliphatic carbocycles. The summed E-state index contributed by atoms with van der Waals surface area (Å²) in [6.07, 6.45) is 2.61. The average molecular weight is 216 g/mol. The van der Waals surface area contributed by atoms with Crippen molar-refractivity contribution in [1.82, 2.24) is 10.6 Å². The molecule has 0 atom stereocenters. The number of aliphatic hydroxyl groups excluding tert-OH is 1. The third-order valence-electron chi connectivity index (χ3n) is 2.41. The lowest BCUT2D eigenvalue weighted by atomic mass is 10.0. The molecule has 0 bridgehead atoms. The maximum Gasteiger partial charge on any atom is 0.234 e. The lowest BCUT2D eigenvalue weighted by Crippen LogP contribution is -2.46. The molecule has 3 N–H and O–H groups in total. The average Bonchev–Trinajstić information content (AvgIpc) is 2.17. The van der Waals surface area contributed by atoms with Crippen molar-refractivity contribution in [2.24, 2.45) is 0 Å². The van der Waals surface area contributed by atoms with Crippen LogP contribution in [0.15, 0.2) is 0 Å². The second kappa shape index (κ2) is 7.65. The third kappa shape index (κ3) is 8.39. The Hall–Kier alpha value is -0.610. The van der Waals surface area contributed by atoms with E-state index in [0.29, 0.717) is 6.54 Å². The van der Waals surface area contributed by atoms with Crippen LogP contribution in [0.5, 0.6) is 0 Å². The van der Waals surface area contributed by atoms with Crippen LogP contribution in [-0.4, -0.2) is 36.2 Å². The highest BCUT2D eigenvalue weighted by atomic mass is 16.2. The van der Waals surface area contributed by atoms with E-state index in [2.05, 4.69) is 17.6 Å². The van der Waals surface area contributed by atoms with Gasteiger partial charge in [0.1, 0.15) is 0 Å². The molecule has 0 saturated heterocycles. The molecule has 0 rings (SSSR count). The molecule has 0 heterocycles. The van der Waals surface area contributed by atoms with E-state index in [-0.39, 0.29) is 18.1 Å². The number of carbonyl (C=O) groups is 1. The molecule has 4 nitrogen and oxygen atoms in total. The molecule has 90 valence electrons. The summed E-state index contributed by atoms with van der Waals surface area (Å²) in [5.74, 6) is 0.0332. The first-order valence-corrected chi connectivity index (χ1v) is 5.64. The molecule has 0 saturated carbocycles. The van der Waals surface area contributed by atoms with Crippen molar-refractivity contribution >= 4 is 5.91 Å². The van der Waals surface area contributed by atoms with Gasteiger partial charge in [0.05, 0.1) is 6.54 Å². The van der Waals surface area contributed by atoms with Gasteiger partial charge in [-0.3, -0.25) is 4.79 Å². The van der Waals surface area contributed by atoms with Crippen LogP contribution >= 0.6 is 0 Å². The summed E-state index contributed by atoms with van der Waals surface area (Å²) in [6.45, 7) is 7.43. The summed E-state index contributed by atoms with van der Waals surface area (Å²) < 4.78 is 0. The van der Waals surface area contributed by atoms with Crippen LogP contribution in [0.4, 0.5) is 0 Å². The fourth-order valence-corrected chi connectivity index (χ4v) is 1.07. The fraction of sp³-hybridized carbons (Fsp3) is 0.909. The van der Waals surface area contributed by atoms with Gasteiger partial charge in [-0.05, 0) is 39.7 Å². The van der Waals surface area contributed by atoms with Crippen molar-refractivity contribution in [3.63, 3.8) is 0 Å². The van der Waals surface area contributed by atoms with E-state index in [1.165, 1.54) is 0 Å². The zero-order valence-electron chi connectivity index (χ0n) is 10.1. The highest BCUT2D eigenvalue weighted by Gasteiger charge is 2.16. The Bertz CT molecular complexity index is 181. The van der Waals surface area contributed by atoms with E-state index in [4.69, 9.17) is 5.11 Å². The number of nitrogens with one attached hydrogen (secondary N) is 2. The van der Waals surface area contributed by atoms with Gasteiger partial charge in [-0.1, -0.05) is 6.92 Å². The van der Waals surface area contributed by atoms with Crippen molar-refractivity contribution in [3.8, 4) is 0 Å².